The fourth-order valence-corrected chi connectivity index (χ4v) is 1.80. The Morgan fingerprint density at radius 2 is 2.14 bits per heavy atom. The van der Waals surface area contributed by atoms with Crippen LogP contribution < -0.4 is 5.73 Å². The molecule has 0 radical (unpaired) electrons. The average molecular weight is 258 g/mol. The summed E-state index contributed by atoms with van der Waals surface area (Å²) in [5, 5.41) is 8.95. The Morgan fingerprint density at radius 3 is 2.57 bits per heavy atom. The molecule has 0 aromatic heterocycles. The number of aliphatic carboxylic acids is 1. The third kappa shape index (κ3) is 1.96. The zero-order chi connectivity index (χ0) is 10.9. The number of aryl methyl sites for hydroxylation is 1. The summed E-state index contributed by atoms with van der Waals surface area (Å²) in [4.78, 5) is 10.9. The molecule has 1 aromatic rings. The van der Waals surface area contributed by atoms with Crippen molar-refractivity contribution in [3.8, 4) is 0 Å². The summed E-state index contributed by atoms with van der Waals surface area (Å²) < 4.78 is 0.917. The molecule has 4 heteroatoms. The van der Waals surface area contributed by atoms with Crippen LogP contribution in [0.3, 0.4) is 0 Å². The number of hydrogen-bond donors (Lipinski definition) is 2. The van der Waals surface area contributed by atoms with Crippen molar-refractivity contribution in [2.24, 2.45) is 5.73 Å². The molecule has 0 saturated heterocycles. The maximum Gasteiger partial charge on any atom is 0.328 e. The van der Waals surface area contributed by atoms with E-state index in [-0.39, 0.29) is 0 Å². The van der Waals surface area contributed by atoms with Gasteiger partial charge in [0.2, 0.25) is 0 Å². The lowest BCUT2D eigenvalue weighted by molar-refractivity contribution is -0.143. The highest BCUT2D eigenvalue weighted by Crippen LogP contribution is 2.24. The highest BCUT2D eigenvalue weighted by atomic mass is 79.9. The largest absolute Gasteiger partial charge is 0.480 e. The first-order chi connectivity index (χ1) is 6.35. The lowest BCUT2D eigenvalue weighted by Gasteiger charge is -2.21. The molecule has 0 amide bonds. The van der Waals surface area contributed by atoms with Gasteiger partial charge in [-0.1, -0.05) is 22.0 Å². The Bertz CT molecular complexity index is 374. The molecule has 0 spiro atoms. The van der Waals surface area contributed by atoms with Gasteiger partial charge in [0, 0.05) is 4.47 Å². The molecular formula is C10H12BrNO2. The molecule has 0 heterocycles. The van der Waals surface area contributed by atoms with E-state index in [1.165, 1.54) is 6.92 Å². The number of carbonyl (C=O) groups is 1. The second-order valence-electron chi connectivity index (χ2n) is 3.47. The van der Waals surface area contributed by atoms with E-state index in [2.05, 4.69) is 15.9 Å². The minimum Gasteiger partial charge on any atom is -0.480 e. The molecular weight excluding hydrogens is 246 g/mol. The maximum atomic E-state index is 10.9. The molecule has 3 nitrogen and oxygen atoms in total. The molecule has 76 valence electrons. The summed E-state index contributed by atoms with van der Waals surface area (Å²) in [5.74, 6) is -1.03. The molecule has 0 aliphatic carbocycles. The first-order valence-corrected chi connectivity index (χ1v) is 4.94. The normalized spacial score (nSPS) is 14.9. The second kappa shape index (κ2) is 3.71. The van der Waals surface area contributed by atoms with Gasteiger partial charge in [-0.15, -0.1) is 0 Å². The van der Waals surface area contributed by atoms with Crippen LogP contribution in [0.5, 0.6) is 0 Å². The Kier molecular flexibility index (Phi) is 2.97. The SMILES string of the molecule is Cc1cc(Br)ccc1[C@@](C)(N)C(=O)O. The van der Waals surface area contributed by atoms with Crippen LogP contribution in [-0.2, 0) is 10.3 Å². The predicted octanol–water partition coefficient (Wildman–Crippen LogP) is 2.02. The summed E-state index contributed by atoms with van der Waals surface area (Å²) >= 11 is 3.31. The van der Waals surface area contributed by atoms with Gasteiger partial charge in [0.05, 0.1) is 0 Å². The van der Waals surface area contributed by atoms with E-state index in [1.54, 1.807) is 12.1 Å². The second-order valence-corrected chi connectivity index (χ2v) is 4.38. The average Bonchev–Trinajstić information content (AvgIpc) is 2.02. The van der Waals surface area contributed by atoms with Crippen molar-refractivity contribution in [3.05, 3.63) is 33.8 Å². The maximum absolute atomic E-state index is 10.9. The predicted molar refractivity (Wildman–Crippen MR) is 58.1 cm³/mol. The van der Waals surface area contributed by atoms with Crippen LogP contribution in [0.1, 0.15) is 18.1 Å². The van der Waals surface area contributed by atoms with E-state index in [4.69, 9.17) is 10.8 Å². The van der Waals surface area contributed by atoms with E-state index >= 15 is 0 Å². The Balaban J connectivity index is 3.26. The first kappa shape index (κ1) is 11.2. The molecule has 1 rings (SSSR count). The van der Waals surface area contributed by atoms with Crippen LogP contribution in [0, 0.1) is 6.92 Å². The standard InChI is InChI=1S/C10H12BrNO2/c1-6-5-7(11)3-4-8(6)10(2,12)9(13)14/h3-5H,12H2,1-2H3,(H,13,14)/t10-/m1/s1. The fourth-order valence-electron chi connectivity index (χ4n) is 1.32. The molecule has 0 aliphatic rings. The Hall–Kier alpha value is -0.870. The van der Waals surface area contributed by atoms with Crippen molar-refractivity contribution >= 4 is 21.9 Å². The van der Waals surface area contributed by atoms with Crippen LogP contribution in [0.15, 0.2) is 22.7 Å². The monoisotopic (exact) mass is 257 g/mol. The molecule has 0 aliphatic heterocycles. The van der Waals surface area contributed by atoms with Gasteiger partial charge in [0.25, 0.3) is 0 Å². The summed E-state index contributed by atoms with van der Waals surface area (Å²) in [6.07, 6.45) is 0. The van der Waals surface area contributed by atoms with Gasteiger partial charge in [-0.3, -0.25) is 0 Å². The van der Waals surface area contributed by atoms with Crippen LogP contribution in [0.2, 0.25) is 0 Å². The smallest absolute Gasteiger partial charge is 0.328 e. The Morgan fingerprint density at radius 1 is 1.57 bits per heavy atom. The summed E-state index contributed by atoms with van der Waals surface area (Å²) in [6.45, 7) is 3.33. The molecule has 1 aromatic carbocycles. The fraction of sp³-hybridized carbons (Fsp3) is 0.300. The van der Waals surface area contributed by atoms with Crippen LogP contribution in [-0.4, -0.2) is 11.1 Å². The zero-order valence-electron chi connectivity index (χ0n) is 8.04. The number of halogens is 1. The van der Waals surface area contributed by atoms with E-state index in [1.807, 2.05) is 13.0 Å². The Labute approximate surface area is 91.1 Å². The molecule has 14 heavy (non-hydrogen) atoms. The number of hydrogen-bond acceptors (Lipinski definition) is 2. The minimum atomic E-state index is -1.33. The number of nitrogens with two attached hydrogens (primary N) is 1. The van der Waals surface area contributed by atoms with Crippen LogP contribution >= 0.6 is 15.9 Å². The quantitative estimate of drug-likeness (QED) is 0.852. The number of benzene rings is 1. The van der Waals surface area contributed by atoms with Crippen LogP contribution in [0.4, 0.5) is 0 Å². The van der Waals surface area contributed by atoms with Crippen molar-refractivity contribution < 1.29 is 9.90 Å². The van der Waals surface area contributed by atoms with Crippen molar-refractivity contribution in [3.63, 3.8) is 0 Å². The van der Waals surface area contributed by atoms with Crippen molar-refractivity contribution in [2.45, 2.75) is 19.4 Å². The highest BCUT2D eigenvalue weighted by Gasteiger charge is 2.31. The van der Waals surface area contributed by atoms with Crippen molar-refractivity contribution in [1.29, 1.82) is 0 Å². The van der Waals surface area contributed by atoms with E-state index < -0.39 is 11.5 Å². The van der Waals surface area contributed by atoms with Gasteiger partial charge in [-0.25, -0.2) is 4.79 Å². The van der Waals surface area contributed by atoms with E-state index in [0.29, 0.717) is 5.56 Å². The highest BCUT2D eigenvalue weighted by molar-refractivity contribution is 9.10. The number of carboxylic acid groups (broad SMARTS) is 1. The lowest BCUT2D eigenvalue weighted by atomic mass is 9.90. The van der Waals surface area contributed by atoms with Crippen molar-refractivity contribution in [2.75, 3.05) is 0 Å². The van der Waals surface area contributed by atoms with Gasteiger partial charge < -0.3 is 10.8 Å². The third-order valence-electron chi connectivity index (χ3n) is 2.19. The molecule has 1 atom stereocenters. The summed E-state index contributed by atoms with van der Waals surface area (Å²) in [5.41, 5.74) is 5.89. The molecule has 0 fully saturated rings. The number of carboxylic acids is 1. The van der Waals surface area contributed by atoms with Gasteiger partial charge in [-0.2, -0.15) is 0 Å². The van der Waals surface area contributed by atoms with E-state index in [9.17, 15) is 4.79 Å². The number of rotatable bonds is 2. The summed E-state index contributed by atoms with van der Waals surface area (Å²) in [6, 6.07) is 5.37. The van der Waals surface area contributed by atoms with E-state index in [0.717, 1.165) is 10.0 Å². The molecule has 0 unspecified atom stereocenters. The van der Waals surface area contributed by atoms with Crippen LogP contribution in [0.25, 0.3) is 0 Å². The molecule has 3 N–H and O–H groups in total. The molecule has 0 saturated carbocycles. The van der Waals surface area contributed by atoms with Gasteiger partial charge in [0.1, 0.15) is 5.54 Å². The topological polar surface area (TPSA) is 63.3 Å². The van der Waals surface area contributed by atoms with Gasteiger partial charge in [0.15, 0.2) is 0 Å². The summed E-state index contributed by atoms with van der Waals surface area (Å²) in [7, 11) is 0. The molecule has 0 bridgehead atoms. The third-order valence-corrected chi connectivity index (χ3v) is 2.69. The zero-order valence-corrected chi connectivity index (χ0v) is 9.63. The lowest BCUT2D eigenvalue weighted by Crippen LogP contribution is -2.42. The van der Waals surface area contributed by atoms with Gasteiger partial charge >= 0.3 is 5.97 Å². The van der Waals surface area contributed by atoms with Gasteiger partial charge in [-0.05, 0) is 37.1 Å². The first-order valence-electron chi connectivity index (χ1n) is 4.14. The minimum absolute atomic E-state index is 0.633. The van der Waals surface area contributed by atoms with Crippen molar-refractivity contribution in [1.82, 2.24) is 0 Å².